The van der Waals surface area contributed by atoms with Crippen molar-refractivity contribution in [3.05, 3.63) is 42.5 Å². The van der Waals surface area contributed by atoms with Crippen LogP contribution in [-0.2, 0) is 14.4 Å². The van der Waals surface area contributed by atoms with Crippen LogP contribution in [0.1, 0.15) is 20.8 Å². The number of phenolic OH excluding ortho intramolecular Hbond substituents is 4. The number of carbonyl (C=O) groups is 3. The van der Waals surface area contributed by atoms with Gasteiger partial charge in [-0.2, -0.15) is 0 Å². The number of aromatic hydroxyl groups is 4. The lowest BCUT2D eigenvalue weighted by Crippen LogP contribution is -2.10. The topological polar surface area (TPSA) is 160 Å². The maximum absolute atomic E-state index is 11.9. The van der Waals surface area contributed by atoms with Crippen LogP contribution in [0.4, 0.5) is 0 Å². The highest BCUT2D eigenvalue weighted by Gasteiger charge is 2.30. The Kier molecular flexibility index (Phi) is 6.62. The predicted octanol–water partition coefficient (Wildman–Crippen LogP) is 3.62. The zero-order valence-electron chi connectivity index (χ0n) is 18.3. The van der Waals surface area contributed by atoms with Gasteiger partial charge in [0.15, 0.2) is 34.5 Å². The molecule has 0 aliphatic heterocycles. The third kappa shape index (κ3) is 4.85. The molecule has 0 amide bonds. The molecule has 4 N–H and O–H groups in total. The summed E-state index contributed by atoms with van der Waals surface area (Å²) in [5.74, 6) is -5.29. The highest BCUT2D eigenvalue weighted by molar-refractivity contribution is 5.95. The van der Waals surface area contributed by atoms with Crippen LogP contribution in [0.5, 0.6) is 40.2 Å². The Morgan fingerprint density at radius 3 is 1.47 bits per heavy atom. The minimum atomic E-state index is -0.834. The third-order valence-corrected chi connectivity index (χ3v) is 4.52. The summed E-state index contributed by atoms with van der Waals surface area (Å²) in [4.78, 5) is 35.0. The molecule has 0 spiro atoms. The van der Waals surface area contributed by atoms with Crippen molar-refractivity contribution in [3.63, 3.8) is 0 Å². The molecule has 0 unspecified atom stereocenters. The molecular weight excluding hydrogens is 448 g/mol. The highest BCUT2D eigenvalue weighted by Crippen LogP contribution is 2.56. The van der Waals surface area contributed by atoms with Gasteiger partial charge in [0.2, 0.25) is 0 Å². The second-order valence-corrected chi connectivity index (χ2v) is 7.11. The van der Waals surface area contributed by atoms with Crippen molar-refractivity contribution >= 4 is 17.9 Å². The van der Waals surface area contributed by atoms with Gasteiger partial charge in [0, 0.05) is 20.8 Å². The van der Waals surface area contributed by atoms with Crippen molar-refractivity contribution in [3.8, 4) is 62.5 Å². The first-order chi connectivity index (χ1) is 16.0. The molecule has 0 radical (unpaired) electrons. The van der Waals surface area contributed by atoms with Crippen molar-refractivity contribution in [2.24, 2.45) is 0 Å². The molecule has 10 nitrogen and oxygen atoms in total. The Morgan fingerprint density at radius 2 is 1.03 bits per heavy atom. The molecule has 3 aromatic carbocycles. The fourth-order valence-electron chi connectivity index (χ4n) is 3.23. The molecular formula is C24H20O10. The summed E-state index contributed by atoms with van der Waals surface area (Å²) in [6.07, 6.45) is 0. The van der Waals surface area contributed by atoms with E-state index in [1.807, 2.05) is 0 Å². The van der Waals surface area contributed by atoms with Gasteiger partial charge in [0.25, 0.3) is 0 Å². The molecule has 10 heteroatoms. The fraction of sp³-hybridized carbons (Fsp3) is 0.125. The molecule has 34 heavy (non-hydrogen) atoms. The molecule has 0 heterocycles. The summed E-state index contributed by atoms with van der Waals surface area (Å²) < 4.78 is 15.5. The normalized spacial score (nSPS) is 10.4. The van der Waals surface area contributed by atoms with Crippen molar-refractivity contribution in [1.29, 1.82) is 0 Å². The Balaban J connectivity index is 2.37. The second kappa shape index (κ2) is 9.41. The van der Waals surface area contributed by atoms with Crippen LogP contribution in [0.25, 0.3) is 22.3 Å². The zero-order chi connectivity index (χ0) is 25.2. The van der Waals surface area contributed by atoms with E-state index in [-0.39, 0.29) is 33.8 Å². The van der Waals surface area contributed by atoms with Crippen molar-refractivity contribution in [2.75, 3.05) is 0 Å². The Hall–Kier alpha value is -4.73. The van der Waals surface area contributed by atoms with Crippen LogP contribution in [0.3, 0.4) is 0 Å². The number of rotatable bonds is 5. The monoisotopic (exact) mass is 468 g/mol. The Bertz CT molecular complexity index is 1290. The van der Waals surface area contributed by atoms with E-state index < -0.39 is 46.7 Å². The van der Waals surface area contributed by atoms with E-state index in [9.17, 15) is 34.8 Å². The summed E-state index contributed by atoms with van der Waals surface area (Å²) in [5.41, 5.74) is -0.220. The molecule has 0 aromatic heterocycles. The highest BCUT2D eigenvalue weighted by atomic mass is 16.6. The average Bonchev–Trinajstić information content (AvgIpc) is 2.74. The van der Waals surface area contributed by atoms with E-state index in [4.69, 9.17) is 14.2 Å². The molecule has 3 aromatic rings. The van der Waals surface area contributed by atoms with Crippen molar-refractivity contribution in [1.82, 2.24) is 0 Å². The van der Waals surface area contributed by atoms with Gasteiger partial charge in [-0.15, -0.1) is 0 Å². The number of carbonyl (C=O) groups excluding carboxylic acids is 3. The van der Waals surface area contributed by atoms with Gasteiger partial charge in [0.1, 0.15) is 5.75 Å². The van der Waals surface area contributed by atoms with Crippen LogP contribution in [0.15, 0.2) is 42.5 Å². The van der Waals surface area contributed by atoms with Crippen molar-refractivity contribution < 1.29 is 49.0 Å². The molecule has 0 aliphatic rings. The molecule has 3 rings (SSSR count). The number of phenols is 4. The molecule has 176 valence electrons. The lowest BCUT2D eigenvalue weighted by atomic mass is 9.95. The molecule has 0 fully saturated rings. The summed E-state index contributed by atoms with van der Waals surface area (Å²) in [6, 6.07) is 9.10. The third-order valence-electron chi connectivity index (χ3n) is 4.52. The summed E-state index contributed by atoms with van der Waals surface area (Å²) in [7, 11) is 0. The zero-order valence-corrected chi connectivity index (χ0v) is 18.3. The number of hydrogen-bond donors (Lipinski definition) is 4. The second-order valence-electron chi connectivity index (χ2n) is 7.11. The summed E-state index contributed by atoms with van der Waals surface area (Å²) in [5, 5.41) is 41.3. The van der Waals surface area contributed by atoms with Gasteiger partial charge in [-0.05, 0) is 35.4 Å². The quantitative estimate of drug-likeness (QED) is 0.247. The summed E-state index contributed by atoms with van der Waals surface area (Å²) >= 11 is 0. The molecule has 0 bridgehead atoms. The minimum absolute atomic E-state index is 0.0320. The maximum atomic E-state index is 11.9. The molecule has 0 saturated heterocycles. The number of esters is 3. The lowest BCUT2D eigenvalue weighted by Gasteiger charge is -2.20. The van der Waals surface area contributed by atoms with E-state index in [1.54, 1.807) is 0 Å². The fourth-order valence-corrected chi connectivity index (χ4v) is 3.23. The van der Waals surface area contributed by atoms with E-state index >= 15 is 0 Å². The van der Waals surface area contributed by atoms with Gasteiger partial charge in [0.05, 0.1) is 11.1 Å². The molecule has 0 saturated carbocycles. The number of ether oxygens (including phenoxy) is 3. The van der Waals surface area contributed by atoms with Gasteiger partial charge < -0.3 is 34.6 Å². The average molecular weight is 468 g/mol. The van der Waals surface area contributed by atoms with Crippen LogP contribution in [0.2, 0.25) is 0 Å². The predicted molar refractivity (Wildman–Crippen MR) is 118 cm³/mol. The van der Waals surface area contributed by atoms with Gasteiger partial charge >= 0.3 is 17.9 Å². The van der Waals surface area contributed by atoms with Gasteiger partial charge in [-0.3, -0.25) is 14.4 Å². The Morgan fingerprint density at radius 1 is 0.588 bits per heavy atom. The first kappa shape index (κ1) is 23.9. The maximum Gasteiger partial charge on any atom is 0.308 e. The van der Waals surface area contributed by atoms with Crippen LogP contribution < -0.4 is 14.2 Å². The van der Waals surface area contributed by atoms with E-state index in [1.165, 1.54) is 37.3 Å². The Labute approximate surface area is 193 Å². The minimum Gasteiger partial charge on any atom is -0.504 e. The lowest BCUT2D eigenvalue weighted by molar-refractivity contribution is -0.134. The molecule has 0 atom stereocenters. The SMILES string of the molecule is CC(=O)Oc1ccc(-c2c(O)c(O)c(-c3ccc(O)c(O)c3)c(OC(C)=O)c2OC(C)=O)cc1. The number of hydrogen-bond acceptors (Lipinski definition) is 10. The summed E-state index contributed by atoms with van der Waals surface area (Å²) in [6.45, 7) is 3.38. The molecule has 0 aliphatic carbocycles. The first-order valence-electron chi connectivity index (χ1n) is 9.79. The van der Waals surface area contributed by atoms with Gasteiger partial charge in [-0.1, -0.05) is 18.2 Å². The van der Waals surface area contributed by atoms with Crippen LogP contribution in [-0.4, -0.2) is 38.3 Å². The first-order valence-corrected chi connectivity index (χ1v) is 9.79. The van der Waals surface area contributed by atoms with Crippen LogP contribution in [0, 0.1) is 0 Å². The van der Waals surface area contributed by atoms with E-state index in [0.717, 1.165) is 26.0 Å². The van der Waals surface area contributed by atoms with E-state index in [2.05, 4.69) is 0 Å². The van der Waals surface area contributed by atoms with E-state index in [0.29, 0.717) is 0 Å². The van der Waals surface area contributed by atoms with Gasteiger partial charge in [-0.25, -0.2) is 0 Å². The van der Waals surface area contributed by atoms with Crippen LogP contribution >= 0.6 is 0 Å². The standard InChI is InChI=1S/C24H20O10/c1-11(25)32-16-7-4-14(5-8-16)19-21(30)22(31)20(15-6-9-17(28)18(29)10-15)24(34-13(3)27)23(19)33-12(2)26/h4-10,28-31H,1-3H3. The largest absolute Gasteiger partial charge is 0.504 e. The number of benzene rings is 3. The van der Waals surface area contributed by atoms with Crippen molar-refractivity contribution in [2.45, 2.75) is 20.8 Å². The smallest absolute Gasteiger partial charge is 0.308 e.